The van der Waals surface area contributed by atoms with Crippen LogP contribution in [0.3, 0.4) is 0 Å². The van der Waals surface area contributed by atoms with E-state index in [1.165, 1.54) is 0 Å². The molecule has 2 N–H and O–H groups in total. The maximum Gasteiger partial charge on any atom is 0.211 e. The third-order valence-electron chi connectivity index (χ3n) is 3.15. The van der Waals surface area contributed by atoms with Gasteiger partial charge >= 0.3 is 0 Å². The molecule has 2 unspecified atom stereocenters. The first-order chi connectivity index (χ1) is 8.55. The zero-order valence-electron chi connectivity index (χ0n) is 11.4. The van der Waals surface area contributed by atoms with Crippen molar-refractivity contribution in [3.63, 3.8) is 0 Å². The molecule has 5 nitrogen and oxygen atoms in total. The zero-order chi connectivity index (χ0) is 13.4. The predicted molar refractivity (Wildman–Crippen MR) is 73.1 cm³/mol. The van der Waals surface area contributed by atoms with Crippen LogP contribution in [-0.2, 0) is 14.8 Å². The Balaban J connectivity index is 2.15. The van der Waals surface area contributed by atoms with Crippen LogP contribution in [0.5, 0.6) is 0 Å². The van der Waals surface area contributed by atoms with Gasteiger partial charge in [-0.1, -0.05) is 6.92 Å². The number of rotatable bonds is 9. The normalized spacial score (nSPS) is 24.6. The van der Waals surface area contributed by atoms with Crippen LogP contribution in [0.15, 0.2) is 0 Å². The van der Waals surface area contributed by atoms with E-state index in [1.807, 2.05) is 6.92 Å². The van der Waals surface area contributed by atoms with Crippen molar-refractivity contribution in [2.75, 3.05) is 25.4 Å². The Morgan fingerprint density at radius 1 is 1.28 bits per heavy atom. The fourth-order valence-electron chi connectivity index (χ4n) is 2.02. The van der Waals surface area contributed by atoms with Crippen LogP contribution >= 0.6 is 0 Å². The molecule has 0 amide bonds. The van der Waals surface area contributed by atoms with Crippen molar-refractivity contribution < 1.29 is 13.2 Å². The largest absolute Gasteiger partial charge is 0.377 e. The van der Waals surface area contributed by atoms with Gasteiger partial charge < -0.3 is 10.1 Å². The first-order valence-corrected chi connectivity index (χ1v) is 8.52. The van der Waals surface area contributed by atoms with Gasteiger partial charge in [0, 0.05) is 12.6 Å². The standard InChI is InChI=1S/C12H26N2O3S/c1-3-7-13-8-4-5-10-18(15,16)14-12-6-9-17-11(12)2/h11-14H,3-10H2,1-2H3. The van der Waals surface area contributed by atoms with E-state index < -0.39 is 10.0 Å². The summed E-state index contributed by atoms with van der Waals surface area (Å²) in [7, 11) is -3.15. The summed E-state index contributed by atoms with van der Waals surface area (Å²) in [4.78, 5) is 0. The summed E-state index contributed by atoms with van der Waals surface area (Å²) in [5.41, 5.74) is 0. The quantitative estimate of drug-likeness (QED) is 0.614. The molecule has 108 valence electrons. The average Bonchev–Trinajstić information content (AvgIpc) is 2.69. The number of nitrogens with one attached hydrogen (secondary N) is 2. The van der Waals surface area contributed by atoms with Crippen molar-refractivity contribution in [2.24, 2.45) is 0 Å². The van der Waals surface area contributed by atoms with Crippen LogP contribution < -0.4 is 10.0 Å². The highest BCUT2D eigenvalue weighted by Gasteiger charge is 2.27. The zero-order valence-corrected chi connectivity index (χ0v) is 12.3. The van der Waals surface area contributed by atoms with Gasteiger partial charge in [0.05, 0.1) is 11.9 Å². The van der Waals surface area contributed by atoms with Gasteiger partial charge in [-0.15, -0.1) is 0 Å². The van der Waals surface area contributed by atoms with Gasteiger partial charge in [0.1, 0.15) is 0 Å². The molecular formula is C12H26N2O3S. The first-order valence-electron chi connectivity index (χ1n) is 6.87. The third-order valence-corrected chi connectivity index (χ3v) is 4.64. The lowest BCUT2D eigenvalue weighted by Crippen LogP contribution is -2.40. The van der Waals surface area contributed by atoms with Gasteiger partial charge in [0.25, 0.3) is 0 Å². The van der Waals surface area contributed by atoms with Gasteiger partial charge in [-0.05, 0) is 45.7 Å². The van der Waals surface area contributed by atoms with Crippen LogP contribution in [-0.4, -0.2) is 46.0 Å². The Morgan fingerprint density at radius 3 is 2.67 bits per heavy atom. The molecule has 1 aliphatic heterocycles. The number of ether oxygens (including phenoxy) is 1. The highest BCUT2D eigenvalue weighted by atomic mass is 32.2. The van der Waals surface area contributed by atoms with Crippen molar-refractivity contribution in [1.29, 1.82) is 0 Å². The Morgan fingerprint density at radius 2 is 2.06 bits per heavy atom. The molecule has 18 heavy (non-hydrogen) atoms. The third kappa shape index (κ3) is 6.13. The molecule has 1 aliphatic rings. The van der Waals surface area contributed by atoms with Crippen LogP contribution in [0.2, 0.25) is 0 Å². The number of unbranched alkanes of at least 4 members (excludes halogenated alkanes) is 1. The molecule has 1 fully saturated rings. The van der Waals surface area contributed by atoms with Gasteiger partial charge in [0.2, 0.25) is 10.0 Å². The monoisotopic (exact) mass is 278 g/mol. The predicted octanol–water partition coefficient (Wildman–Crippen LogP) is 0.863. The SMILES string of the molecule is CCCNCCCCS(=O)(=O)NC1CCOC1C. The van der Waals surface area contributed by atoms with E-state index in [2.05, 4.69) is 17.0 Å². The molecule has 6 heteroatoms. The van der Waals surface area contributed by atoms with E-state index in [9.17, 15) is 8.42 Å². The Bertz CT molecular complexity index is 319. The van der Waals surface area contributed by atoms with Crippen molar-refractivity contribution >= 4 is 10.0 Å². The molecule has 0 aliphatic carbocycles. The Kier molecular flexibility index (Phi) is 7.14. The minimum atomic E-state index is -3.15. The summed E-state index contributed by atoms with van der Waals surface area (Å²) >= 11 is 0. The number of hydrogen-bond donors (Lipinski definition) is 2. The van der Waals surface area contributed by atoms with Crippen molar-refractivity contribution in [1.82, 2.24) is 10.0 Å². The molecule has 0 bridgehead atoms. The molecule has 0 aromatic carbocycles. The second-order valence-corrected chi connectivity index (χ2v) is 6.74. The van der Waals surface area contributed by atoms with Crippen molar-refractivity contribution in [3.05, 3.63) is 0 Å². The molecule has 0 aromatic rings. The second-order valence-electron chi connectivity index (χ2n) is 4.86. The first kappa shape index (κ1) is 15.9. The van der Waals surface area contributed by atoms with E-state index in [1.54, 1.807) is 0 Å². The Hall–Kier alpha value is -0.170. The van der Waals surface area contributed by atoms with E-state index in [0.29, 0.717) is 13.0 Å². The fourth-order valence-corrected chi connectivity index (χ4v) is 3.49. The van der Waals surface area contributed by atoms with E-state index in [4.69, 9.17) is 4.74 Å². The minimum absolute atomic E-state index is 0.00834. The van der Waals surface area contributed by atoms with Crippen LogP contribution in [0.25, 0.3) is 0 Å². The van der Waals surface area contributed by atoms with E-state index in [-0.39, 0.29) is 17.9 Å². The fraction of sp³-hybridized carbons (Fsp3) is 1.00. The molecule has 1 rings (SSSR count). The molecule has 0 spiro atoms. The maximum absolute atomic E-state index is 11.8. The molecule has 1 saturated heterocycles. The Labute approximate surface area is 111 Å². The summed E-state index contributed by atoms with van der Waals surface area (Å²) in [5, 5.41) is 3.27. The molecule has 0 radical (unpaired) electrons. The van der Waals surface area contributed by atoms with E-state index in [0.717, 1.165) is 32.4 Å². The topological polar surface area (TPSA) is 67.4 Å². The van der Waals surface area contributed by atoms with Gasteiger partial charge in [0.15, 0.2) is 0 Å². The molecule has 0 saturated carbocycles. The second kappa shape index (κ2) is 8.09. The van der Waals surface area contributed by atoms with Crippen LogP contribution in [0.4, 0.5) is 0 Å². The lowest BCUT2D eigenvalue weighted by Gasteiger charge is -2.16. The average molecular weight is 278 g/mol. The number of hydrogen-bond acceptors (Lipinski definition) is 4. The smallest absolute Gasteiger partial charge is 0.211 e. The molecule has 2 atom stereocenters. The highest BCUT2D eigenvalue weighted by molar-refractivity contribution is 7.89. The lowest BCUT2D eigenvalue weighted by atomic mass is 10.2. The lowest BCUT2D eigenvalue weighted by molar-refractivity contribution is 0.117. The summed E-state index contributed by atoms with van der Waals surface area (Å²) in [6, 6.07) is -0.0479. The van der Waals surface area contributed by atoms with Crippen molar-refractivity contribution in [3.8, 4) is 0 Å². The summed E-state index contributed by atoms with van der Waals surface area (Å²) in [6.45, 7) is 6.57. The van der Waals surface area contributed by atoms with Crippen LogP contribution in [0.1, 0.15) is 39.5 Å². The van der Waals surface area contributed by atoms with E-state index >= 15 is 0 Å². The molecule has 1 heterocycles. The minimum Gasteiger partial charge on any atom is -0.377 e. The van der Waals surface area contributed by atoms with Gasteiger partial charge in [-0.25, -0.2) is 13.1 Å². The van der Waals surface area contributed by atoms with Crippen LogP contribution in [0, 0.1) is 0 Å². The van der Waals surface area contributed by atoms with Gasteiger partial charge in [-0.3, -0.25) is 0 Å². The molecule has 0 aromatic heterocycles. The van der Waals surface area contributed by atoms with Gasteiger partial charge in [-0.2, -0.15) is 0 Å². The summed E-state index contributed by atoms with van der Waals surface area (Å²) < 4.78 is 31.7. The molecular weight excluding hydrogens is 252 g/mol. The number of sulfonamides is 1. The summed E-state index contributed by atoms with van der Waals surface area (Å²) in [5.74, 6) is 0.212. The maximum atomic E-state index is 11.8. The summed E-state index contributed by atoms with van der Waals surface area (Å²) in [6.07, 6.45) is 3.48. The highest BCUT2D eigenvalue weighted by Crippen LogP contribution is 2.13. The van der Waals surface area contributed by atoms with Crippen molar-refractivity contribution in [2.45, 2.75) is 51.7 Å².